The number of carbonyl (C=O) groups excluding carboxylic acids is 2. The molecule has 1 amide bonds. The van der Waals surface area contributed by atoms with Gasteiger partial charge in [-0.05, 0) is 20.8 Å². The summed E-state index contributed by atoms with van der Waals surface area (Å²) in [7, 11) is 2.97. The van der Waals surface area contributed by atoms with E-state index in [2.05, 4.69) is 9.88 Å². The highest BCUT2D eigenvalue weighted by Crippen LogP contribution is 2.20. The molecule has 2 aromatic heterocycles. The van der Waals surface area contributed by atoms with Gasteiger partial charge < -0.3 is 14.2 Å². The fourth-order valence-electron chi connectivity index (χ4n) is 3.67. The van der Waals surface area contributed by atoms with Crippen LogP contribution >= 0.6 is 0 Å². The number of piperazine rings is 1. The maximum Gasteiger partial charge on any atom is 0.409 e. The highest BCUT2D eigenvalue weighted by Gasteiger charge is 2.27. The monoisotopic (exact) mass is 420 g/mol. The summed E-state index contributed by atoms with van der Waals surface area (Å²) < 4.78 is 9.03. The van der Waals surface area contributed by atoms with Gasteiger partial charge >= 0.3 is 11.8 Å². The lowest BCUT2D eigenvalue weighted by atomic mass is 10.2. The lowest BCUT2D eigenvalue weighted by Crippen LogP contribution is -2.48. The molecule has 1 saturated heterocycles. The SMILES string of the molecule is CCOC(=O)N1CCN(Cc2nc3c(c(=O)n(C)c(=O)n3C)n2[C@@H](C)C(C)=O)CC1. The summed E-state index contributed by atoms with van der Waals surface area (Å²) in [5.74, 6) is 0.425. The lowest BCUT2D eigenvalue weighted by molar-refractivity contribution is -0.119. The van der Waals surface area contributed by atoms with Crippen molar-refractivity contribution in [3.05, 3.63) is 26.7 Å². The zero-order chi connectivity index (χ0) is 22.2. The van der Waals surface area contributed by atoms with Gasteiger partial charge in [-0.1, -0.05) is 0 Å². The predicted molar refractivity (Wildman–Crippen MR) is 109 cm³/mol. The van der Waals surface area contributed by atoms with E-state index in [4.69, 9.17) is 4.74 Å². The Kier molecular flexibility index (Phi) is 6.11. The van der Waals surface area contributed by atoms with Crippen LogP contribution in [0.4, 0.5) is 4.79 Å². The van der Waals surface area contributed by atoms with E-state index < -0.39 is 17.3 Å². The molecule has 2 aromatic rings. The molecular formula is C19H28N6O5. The number of amides is 1. The Morgan fingerprint density at radius 3 is 2.30 bits per heavy atom. The van der Waals surface area contributed by atoms with Crippen LogP contribution in [-0.4, -0.2) is 73.1 Å². The molecule has 1 fully saturated rings. The van der Waals surface area contributed by atoms with Crippen molar-refractivity contribution in [1.29, 1.82) is 0 Å². The summed E-state index contributed by atoms with van der Waals surface area (Å²) in [6.45, 7) is 7.91. The van der Waals surface area contributed by atoms with Crippen LogP contribution in [0, 0.1) is 0 Å². The number of ketones is 1. The number of fused-ring (bicyclic) bond motifs is 1. The number of rotatable bonds is 5. The van der Waals surface area contributed by atoms with E-state index in [-0.39, 0.29) is 23.0 Å². The number of aromatic nitrogens is 4. The third kappa shape index (κ3) is 3.76. The molecule has 0 spiro atoms. The highest BCUT2D eigenvalue weighted by molar-refractivity contribution is 5.82. The van der Waals surface area contributed by atoms with Crippen LogP contribution in [0.2, 0.25) is 0 Å². The van der Waals surface area contributed by atoms with Crippen LogP contribution in [0.5, 0.6) is 0 Å². The minimum absolute atomic E-state index is 0.112. The summed E-state index contributed by atoms with van der Waals surface area (Å²) in [6, 6.07) is -0.601. The van der Waals surface area contributed by atoms with Gasteiger partial charge in [-0.25, -0.2) is 14.6 Å². The van der Waals surface area contributed by atoms with Crippen LogP contribution in [0.3, 0.4) is 0 Å². The molecule has 0 aliphatic carbocycles. The Hall–Kier alpha value is -2.95. The number of aryl methyl sites for hydroxylation is 1. The molecule has 164 valence electrons. The Morgan fingerprint density at radius 1 is 1.10 bits per heavy atom. The van der Waals surface area contributed by atoms with Crippen molar-refractivity contribution >= 4 is 23.0 Å². The van der Waals surface area contributed by atoms with Crippen LogP contribution in [-0.2, 0) is 30.2 Å². The summed E-state index contributed by atoms with van der Waals surface area (Å²) in [4.78, 5) is 57.5. The van der Waals surface area contributed by atoms with E-state index >= 15 is 0 Å². The van der Waals surface area contributed by atoms with Crippen molar-refractivity contribution in [2.45, 2.75) is 33.4 Å². The minimum atomic E-state index is -0.601. The van der Waals surface area contributed by atoms with Gasteiger partial charge in [0.2, 0.25) is 0 Å². The number of ether oxygens (including phenoxy) is 1. The van der Waals surface area contributed by atoms with Crippen molar-refractivity contribution in [2.24, 2.45) is 14.1 Å². The largest absolute Gasteiger partial charge is 0.450 e. The first-order valence-corrected chi connectivity index (χ1v) is 9.98. The van der Waals surface area contributed by atoms with Gasteiger partial charge in [0.15, 0.2) is 16.9 Å². The van der Waals surface area contributed by atoms with Gasteiger partial charge in [0.05, 0.1) is 19.2 Å². The number of carbonyl (C=O) groups is 2. The van der Waals surface area contributed by atoms with Crippen LogP contribution in [0.25, 0.3) is 11.2 Å². The van der Waals surface area contributed by atoms with Crippen molar-refractivity contribution < 1.29 is 14.3 Å². The molecular weight excluding hydrogens is 392 g/mol. The molecule has 0 aromatic carbocycles. The maximum atomic E-state index is 12.8. The molecule has 0 bridgehead atoms. The first-order chi connectivity index (χ1) is 14.2. The third-order valence-corrected chi connectivity index (χ3v) is 5.60. The fourth-order valence-corrected chi connectivity index (χ4v) is 3.67. The highest BCUT2D eigenvalue weighted by atomic mass is 16.6. The molecule has 11 nitrogen and oxygen atoms in total. The van der Waals surface area contributed by atoms with Gasteiger partial charge in [-0.15, -0.1) is 0 Å². The predicted octanol–water partition coefficient (Wildman–Crippen LogP) is -0.142. The molecule has 0 N–H and O–H groups in total. The minimum Gasteiger partial charge on any atom is -0.450 e. The third-order valence-electron chi connectivity index (χ3n) is 5.60. The second kappa shape index (κ2) is 8.42. The van der Waals surface area contributed by atoms with E-state index in [1.165, 1.54) is 18.5 Å². The van der Waals surface area contributed by atoms with Crippen molar-refractivity contribution in [3.8, 4) is 0 Å². The second-order valence-electron chi connectivity index (χ2n) is 7.52. The smallest absolute Gasteiger partial charge is 0.409 e. The number of hydrogen-bond donors (Lipinski definition) is 0. The van der Waals surface area contributed by atoms with E-state index in [0.29, 0.717) is 45.2 Å². The second-order valence-corrected chi connectivity index (χ2v) is 7.52. The maximum absolute atomic E-state index is 12.8. The Balaban J connectivity index is 1.97. The number of hydrogen-bond acceptors (Lipinski definition) is 7. The summed E-state index contributed by atoms with van der Waals surface area (Å²) in [5, 5.41) is 0. The zero-order valence-electron chi connectivity index (χ0n) is 18.0. The average molecular weight is 420 g/mol. The number of nitrogens with zero attached hydrogens (tertiary/aromatic N) is 6. The van der Waals surface area contributed by atoms with Gasteiger partial charge in [0, 0.05) is 40.3 Å². The quantitative estimate of drug-likeness (QED) is 0.662. The molecule has 1 aliphatic heterocycles. The fraction of sp³-hybridized carbons (Fsp3) is 0.632. The first kappa shape index (κ1) is 21.8. The molecule has 0 unspecified atom stereocenters. The van der Waals surface area contributed by atoms with Gasteiger partial charge in [0.25, 0.3) is 5.56 Å². The normalized spacial score (nSPS) is 16.1. The topological polar surface area (TPSA) is 112 Å². The zero-order valence-corrected chi connectivity index (χ0v) is 18.0. The van der Waals surface area contributed by atoms with E-state index in [1.54, 1.807) is 30.4 Å². The van der Waals surface area contributed by atoms with Gasteiger partial charge in [-0.3, -0.25) is 23.6 Å². The summed E-state index contributed by atoms with van der Waals surface area (Å²) >= 11 is 0. The molecule has 1 aliphatic rings. The number of imidazole rings is 1. The van der Waals surface area contributed by atoms with Gasteiger partial charge in [-0.2, -0.15) is 0 Å². The average Bonchev–Trinajstić information content (AvgIpc) is 3.09. The molecule has 11 heteroatoms. The molecule has 1 atom stereocenters. The number of Topliss-reactive ketones (excluding diaryl/α,β-unsaturated/α-hetero) is 1. The Labute approximate surface area is 173 Å². The summed E-state index contributed by atoms with van der Waals surface area (Å²) in [6.07, 6.45) is -0.326. The van der Waals surface area contributed by atoms with Crippen LogP contribution in [0.1, 0.15) is 32.6 Å². The van der Waals surface area contributed by atoms with E-state index in [9.17, 15) is 19.2 Å². The Morgan fingerprint density at radius 2 is 1.73 bits per heavy atom. The van der Waals surface area contributed by atoms with Gasteiger partial charge in [0.1, 0.15) is 5.82 Å². The molecule has 0 saturated carbocycles. The van der Waals surface area contributed by atoms with E-state index in [0.717, 1.165) is 4.57 Å². The van der Waals surface area contributed by atoms with Crippen LogP contribution < -0.4 is 11.2 Å². The van der Waals surface area contributed by atoms with Crippen molar-refractivity contribution in [1.82, 2.24) is 28.5 Å². The lowest BCUT2D eigenvalue weighted by Gasteiger charge is -2.34. The molecule has 3 rings (SSSR count). The van der Waals surface area contributed by atoms with Crippen LogP contribution in [0.15, 0.2) is 9.59 Å². The molecule has 0 radical (unpaired) electrons. The van der Waals surface area contributed by atoms with E-state index in [1.807, 2.05) is 0 Å². The standard InChI is InChI=1S/C19H28N6O5/c1-6-30-19(29)24-9-7-23(8-10-24)11-14-20-16-15(25(14)12(2)13(3)26)17(27)22(5)18(28)21(16)4/h12H,6-11H2,1-5H3/t12-/m0/s1. The molecule has 3 heterocycles. The van der Waals surface area contributed by atoms with Crippen molar-refractivity contribution in [2.75, 3.05) is 32.8 Å². The summed E-state index contributed by atoms with van der Waals surface area (Å²) in [5.41, 5.74) is -0.451. The Bertz CT molecular complexity index is 1090. The van der Waals surface area contributed by atoms with Crippen molar-refractivity contribution in [3.63, 3.8) is 0 Å². The first-order valence-electron chi connectivity index (χ1n) is 9.98. The molecule has 30 heavy (non-hydrogen) atoms.